The van der Waals surface area contributed by atoms with E-state index in [1.54, 1.807) is 24.3 Å². The largest absolute Gasteiger partial charge is 0.455 e. The van der Waals surface area contributed by atoms with Crippen LogP contribution in [0.5, 0.6) is 0 Å². The molecule has 35 heavy (non-hydrogen) atoms. The molecule has 1 aliphatic rings. The summed E-state index contributed by atoms with van der Waals surface area (Å²) in [6.07, 6.45) is -0.217. The summed E-state index contributed by atoms with van der Waals surface area (Å²) in [5.41, 5.74) is 3.24. The highest BCUT2D eigenvalue weighted by Gasteiger charge is 2.36. The predicted molar refractivity (Wildman–Crippen MR) is 121 cm³/mol. The van der Waals surface area contributed by atoms with Gasteiger partial charge >= 0.3 is 5.97 Å². The molecule has 0 bridgehead atoms. The van der Waals surface area contributed by atoms with Crippen LogP contribution in [-0.2, 0) is 23.9 Å². The van der Waals surface area contributed by atoms with Crippen LogP contribution in [0.3, 0.4) is 0 Å². The second kappa shape index (κ2) is 10.9. The number of hydrazine groups is 1. The van der Waals surface area contributed by atoms with Crippen LogP contribution in [0, 0.1) is 16.0 Å². The number of rotatable bonds is 8. The lowest BCUT2D eigenvalue weighted by Crippen LogP contribution is -2.43. The van der Waals surface area contributed by atoms with Crippen molar-refractivity contribution in [3.63, 3.8) is 0 Å². The van der Waals surface area contributed by atoms with E-state index in [-0.39, 0.29) is 30.1 Å². The average Bonchev–Trinajstić information content (AvgIpc) is 3.18. The highest BCUT2D eigenvalue weighted by Crippen LogP contribution is 2.19. The minimum absolute atomic E-state index is 0.0937. The summed E-state index contributed by atoms with van der Waals surface area (Å²) < 4.78 is 4.99. The van der Waals surface area contributed by atoms with E-state index < -0.39 is 41.1 Å². The summed E-state index contributed by atoms with van der Waals surface area (Å²) in [5, 5.41) is 16.8. The van der Waals surface area contributed by atoms with Crippen LogP contribution < -0.4 is 16.1 Å². The van der Waals surface area contributed by atoms with Gasteiger partial charge in [0.1, 0.15) is 0 Å². The monoisotopic (exact) mass is 483 g/mol. The van der Waals surface area contributed by atoms with Gasteiger partial charge in [0.15, 0.2) is 6.61 Å². The van der Waals surface area contributed by atoms with Crippen molar-refractivity contribution in [2.24, 2.45) is 5.92 Å². The van der Waals surface area contributed by atoms with Crippen molar-refractivity contribution in [3.8, 4) is 0 Å². The van der Waals surface area contributed by atoms with E-state index in [0.717, 1.165) is 17.1 Å². The molecule has 1 fully saturated rings. The maximum atomic E-state index is 12.3. The van der Waals surface area contributed by atoms with E-state index >= 15 is 0 Å². The molecule has 13 heteroatoms. The molecule has 0 unspecified atom stereocenters. The average molecular weight is 483 g/mol. The number of ether oxygens (including phenoxy) is 1. The Hall–Kier alpha value is -4.81. The molecule has 0 radical (unpaired) electrons. The highest BCUT2D eigenvalue weighted by molar-refractivity contribution is 5.97. The lowest BCUT2D eigenvalue weighted by Gasteiger charge is -2.17. The topological polar surface area (TPSA) is 177 Å². The third kappa shape index (κ3) is 6.83. The van der Waals surface area contributed by atoms with Gasteiger partial charge in [-0.25, -0.2) is 0 Å². The van der Waals surface area contributed by atoms with Crippen LogP contribution in [0.1, 0.15) is 23.7 Å². The number of benzene rings is 2. The van der Waals surface area contributed by atoms with Crippen molar-refractivity contribution in [3.05, 3.63) is 64.2 Å². The predicted octanol–water partition coefficient (Wildman–Crippen LogP) is 1.23. The van der Waals surface area contributed by atoms with Gasteiger partial charge in [0.05, 0.1) is 17.4 Å². The first-order valence-electron chi connectivity index (χ1n) is 10.3. The van der Waals surface area contributed by atoms with Crippen LogP contribution in [0.25, 0.3) is 0 Å². The van der Waals surface area contributed by atoms with Gasteiger partial charge in [-0.15, -0.1) is 0 Å². The summed E-state index contributed by atoms with van der Waals surface area (Å²) in [7, 11) is 0. The fourth-order valence-electron chi connectivity index (χ4n) is 3.19. The van der Waals surface area contributed by atoms with Crippen molar-refractivity contribution in [2.45, 2.75) is 13.3 Å². The normalized spacial score (nSPS) is 14.7. The number of hydrogen-bond donors (Lipinski definition) is 3. The molecule has 2 aromatic carbocycles. The van der Waals surface area contributed by atoms with Crippen molar-refractivity contribution >= 4 is 46.7 Å². The van der Waals surface area contributed by atoms with Gasteiger partial charge in [0.2, 0.25) is 11.8 Å². The van der Waals surface area contributed by atoms with E-state index in [0.29, 0.717) is 11.4 Å². The second-order valence-corrected chi connectivity index (χ2v) is 7.56. The van der Waals surface area contributed by atoms with E-state index in [4.69, 9.17) is 4.74 Å². The smallest absolute Gasteiger partial charge is 0.311 e. The molecule has 1 saturated heterocycles. The van der Waals surface area contributed by atoms with Gasteiger partial charge in [-0.2, -0.15) is 0 Å². The highest BCUT2D eigenvalue weighted by atomic mass is 16.6. The number of hydrogen-bond acceptors (Lipinski definition) is 8. The van der Waals surface area contributed by atoms with Gasteiger partial charge in [-0.3, -0.25) is 44.5 Å². The first-order valence-corrected chi connectivity index (χ1v) is 10.3. The maximum absolute atomic E-state index is 12.3. The van der Waals surface area contributed by atoms with Crippen LogP contribution in [0.15, 0.2) is 48.5 Å². The number of nitrogens with zero attached hydrogens (tertiary/aromatic N) is 2. The number of esters is 1. The SMILES string of the molecule is CC(=O)Nc1ccc(NC(=O)COC(=O)[C@@H]2CC(=O)N(NC(=O)c3ccc([N+](=O)[O-])cc3)C2)cc1. The van der Waals surface area contributed by atoms with Crippen LogP contribution in [-0.4, -0.2) is 52.7 Å². The van der Waals surface area contributed by atoms with Crippen molar-refractivity contribution in [2.75, 3.05) is 23.8 Å². The molecular formula is C22H21N5O8. The number of nitro benzene ring substituents is 1. The number of carbonyl (C=O) groups is 5. The zero-order valence-corrected chi connectivity index (χ0v) is 18.5. The molecule has 0 saturated carbocycles. The molecule has 3 rings (SSSR count). The number of nitrogens with one attached hydrogen (secondary N) is 3. The minimum atomic E-state index is -0.885. The summed E-state index contributed by atoms with van der Waals surface area (Å²) in [5.74, 6) is -3.69. The van der Waals surface area contributed by atoms with Crippen LogP contribution >= 0.6 is 0 Å². The summed E-state index contributed by atoms with van der Waals surface area (Å²) in [4.78, 5) is 70.0. The Labute approximate surface area is 198 Å². The fraction of sp³-hybridized carbons (Fsp3) is 0.227. The Bertz CT molecular complexity index is 1160. The fourth-order valence-corrected chi connectivity index (χ4v) is 3.19. The van der Waals surface area contributed by atoms with Crippen molar-refractivity contribution in [1.82, 2.24) is 10.4 Å². The van der Waals surface area contributed by atoms with E-state index in [2.05, 4.69) is 16.1 Å². The van der Waals surface area contributed by atoms with E-state index in [9.17, 15) is 34.1 Å². The van der Waals surface area contributed by atoms with E-state index in [1.807, 2.05) is 0 Å². The minimum Gasteiger partial charge on any atom is -0.455 e. The van der Waals surface area contributed by atoms with Gasteiger partial charge in [0, 0.05) is 42.4 Å². The molecule has 4 amide bonds. The zero-order chi connectivity index (χ0) is 25.5. The molecule has 2 aromatic rings. The number of amides is 4. The van der Waals surface area contributed by atoms with Crippen molar-refractivity contribution < 1.29 is 33.6 Å². The molecule has 13 nitrogen and oxygen atoms in total. The van der Waals surface area contributed by atoms with Crippen LogP contribution in [0.2, 0.25) is 0 Å². The molecule has 0 aromatic heterocycles. The molecule has 0 aliphatic carbocycles. The third-order valence-corrected chi connectivity index (χ3v) is 4.87. The standard InChI is InChI=1S/C22H21N5O8/c1-13(28)23-16-4-6-17(7-5-16)24-19(29)12-35-22(32)15-10-20(30)26(11-15)25-21(31)14-2-8-18(9-3-14)27(33)34/h2-9,15H,10-12H2,1H3,(H,23,28)(H,24,29)(H,25,31)/t15-/m1/s1. The lowest BCUT2D eigenvalue weighted by atomic mass is 10.1. The lowest BCUT2D eigenvalue weighted by molar-refractivity contribution is -0.384. The molecule has 1 aliphatic heterocycles. The molecule has 0 spiro atoms. The third-order valence-electron chi connectivity index (χ3n) is 4.87. The Balaban J connectivity index is 1.46. The Morgan fingerprint density at radius 2 is 1.63 bits per heavy atom. The van der Waals surface area contributed by atoms with Gasteiger partial charge < -0.3 is 15.4 Å². The second-order valence-electron chi connectivity index (χ2n) is 7.56. The molecule has 1 atom stereocenters. The number of carbonyl (C=O) groups excluding carboxylic acids is 5. The number of anilines is 2. The molecule has 3 N–H and O–H groups in total. The first-order chi connectivity index (χ1) is 16.6. The van der Waals surface area contributed by atoms with Crippen molar-refractivity contribution in [1.29, 1.82) is 0 Å². The Morgan fingerprint density at radius 3 is 2.20 bits per heavy atom. The molecule has 182 valence electrons. The Morgan fingerprint density at radius 1 is 1.03 bits per heavy atom. The first kappa shape index (κ1) is 24.8. The quantitative estimate of drug-likeness (QED) is 0.285. The van der Waals surface area contributed by atoms with Gasteiger partial charge in [0.25, 0.3) is 17.5 Å². The molecule has 1 heterocycles. The summed E-state index contributed by atoms with van der Waals surface area (Å²) in [6, 6.07) is 11.1. The van der Waals surface area contributed by atoms with Gasteiger partial charge in [-0.05, 0) is 36.4 Å². The summed E-state index contributed by atoms with van der Waals surface area (Å²) >= 11 is 0. The Kier molecular flexibility index (Phi) is 7.71. The summed E-state index contributed by atoms with van der Waals surface area (Å²) in [6.45, 7) is 0.642. The van der Waals surface area contributed by atoms with Crippen LogP contribution in [0.4, 0.5) is 17.1 Å². The number of non-ortho nitro benzene ring substituents is 1. The maximum Gasteiger partial charge on any atom is 0.311 e. The molecular weight excluding hydrogens is 462 g/mol. The van der Waals surface area contributed by atoms with Gasteiger partial charge in [-0.1, -0.05) is 0 Å². The zero-order valence-electron chi connectivity index (χ0n) is 18.5. The number of nitro groups is 1. The van der Waals surface area contributed by atoms with E-state index in [1.165, 1.54) is 19.1 Å².